The number of hydrogen-bond acceptors (Lipinski definition) is 3. The van der Waals surface area contributed by atoms with Crippen LogP contribution in [-0.2, 0) is 12.8 Å². The van der Waals surface area contributed by atoms with Gasteiger partial charge in [-0.15, -0.1) is 0 Å². The summed E-state index contributed by atoms with van der Waals surface area (Å²) in [4.78, 5) is 0. The molecule has 1 aliphatic heterocycles. The van der Waals surface area contributed by atoms with Gasteiger partial charge in [-0.3, -0.25) is 11.3 Å². The molecule has 100 valence electrons. The zero-order valence-electron chi connectivity index (χ0n) is 11.4. The highest BCUT2D eigenvalue weighted by atomic mass is 16.5. The quantitative estimate of drug-likeness (QED) is 0.600. The second-order valence-electron chi connectivity index (χ2n) is 5.57. The molecule has 3 nitrogen and oxygen atoms in total. The van der Waals surface area contributed by atoms with Crippen LogP contribution >= 0.6 is 0 Å². The molecule has 0 aliphatic carbocycles. The first-order chi connectivity index (χ1) is 8.69. The van der Waals surface area contributed by atoms with Gasteiger partial charge in [0.05, 0.1) is 6.61 Å². The second kappa shape index (κ2) is 6.21. The lowest BCUT2D eigenvalue weighted by atomic mass is 9.97. The minimum Gasteiger partial charge on any atom is -0.493 e. The standard InChI is InChI=1S/C15H24N2O/c1-11(2)9-14(17-16)5-3-12-4-6-15-13(10-12)7-8-18-15/h4,6,10-11,14,17H,3,5,7-9,16H2,1-2H3. The summed E-state index contributed by atoms with van der Waals surface area (Å²) in [7, 11) is 0. The average Bonchev–Trinajstić information content (AvgIpc) is 2.81. The smallest absolute Gasteiger partial charge is 0.122 e. The number of hydrogen-bond donors (Lipinski definition) is 2. The Bertz CT molecular complexity index is 390. The SMILES string of the molecule is CC(C)CC(CCc1ccc2c(c1)CCO2)NN. The van der Waals surface area contributed by atoms with E-state index in [4.69, 9.17) is 10.6 Å². The number of benzene rings is 1. The summed E-state index contributed by atoms with van der Waals surface area (Å²) in [6.45, 7) is 5.30. The first-order valence-electron chi connectivity index (χ1n) is 6.89. The fraction of sp³-hybridized carbons (Fsp3) is 0.600. The molecule has 0 fully saturated rings. The molecule has 0 aromatic heterocycles. The molecule has 0 bridgehead atoms. The van der Waals surface area contributed by atoms with Crippen molar-refractivity contribution in [1.29, 1.82) is 0 Å². The lowest BCUT2D eigenvalue weighted by Crippen LogP contribution is -2.36. The van der Waals surface area contributed by atoms with Gasteiger partial charge in [-0.1, -0.05) is 26.0 Å². The van der Waals surface area contributed by atoms with Crippen LogP contribution < -0.4 is 16.0 Å². The second-order valence-corrected chi connectivity index (χ2v) is 5.57. The van der Waals surface area contributed by atoms with Crippen molar-refractivity contribution in [3.63, 3.8) is 0 Å². The van der Waals surface area contributed by atoms with Crippen LogP contribution in [0.4, 0.5) is 0 Å². The Morgan fingerprint density at radius 2 is 2.22 bits per heavy atom. The third-order valence-corrected chi connectivity index (χ3v) is 3.53. The van der Waals surface area contributed by atoms with Crippen LogP contribution in [0.2, 0.25) is 0 Å². The van der Waals surface area contributed by atoms with E-state index in [9.17, 15) is 0 Å². The third-order valence-electron chi connectivity index (χ3n) is 3.53. The molecular weight excluding hydrogens is 224 g/mol. The van der Waals surface area contributed by atoms with Crippen LogP contribution in [0.15, 0.2) is 18.2 Å². The summed E-state index contributed by atoms with van der Waals surface area (Å²) >= 11 is 0. The predicted molar refractivity (Wildman–Crippen MR) is 74.5 cm³/mol. The summed E-state index contributed by atoms with van der Waals surface area (Å²) in [5, 5.41) is 0. The van der Waals surface area contributed by atoms with Gasteiger partial charge in [0.15, 0.2) is 0 Å². The number of aryl methyl sites for hydroxylation is 1. The van der Waals surface area contributed by atoms with E-state index in [2.05, 4.69) is 37.5 Å². The molecule has 0 radical (unpaired) electrons. The Hall–Kier alpha value is -1.06. The van der Waals surface area contributed by atoms with E-state index in [1.807, 2.05) is 0 Å². The van der Waals surface area contributed by atoms with Gasteiger partial charge in [-0.25, -0.2) is 0 Å². The molecule has 1 aromatic carbocycles. The van der Waals surface area contributed by atoms with Crippen LogP contribution in [0.1, 0.15) is 37.8 Å². The molecule has 0 amide bonds. The van der Waals surface area contributed by atoms with Crippen molar-refractivity contribution in [2.24, 2.45) is 11.8 Å². The highest BCUT2D eigenvalue weighted by Gasteiger charge is 2.13. The first kappa shape index (κ1) is 13.4. The summed E-state index contributed by atoms with van der Waals surface area (Å²) in [6.07, 6.45) is 4.35. The number of rotatable bonds is 6. The maximum atomic E-state index is 5.61. The molecule has 1 aliphatic rings. The third kappa shape index (κ3) is 3.47. The zero-order chi connectivity index (χ0) is 13.0. The van der Waals surface area contributed by atoms with E-state index in [1.54, 1.807) is 0 Å². The number of ether oxygens (including phenoxy) is 1. The number of hydrazine groups is 1. The van der Waals surface area contributed by atoms with E-state index < -0.39 is 0 Å². The summed E-state index contributed by atoms with van der Waals surface area (Å²) in [6, 6.07) is 6.97. The van der Waals surface area contributed by atoms with Crippen LogP contribution in [0.25, 0.3) is 0 Å². The minimum absolute atomic E-state index is 0.412. The van der Waals surface area contributed by atoms with Crippen LogP contribution in [0.5, 0.6) is 5.75 Å². The normalized spacial score (nSPS) is 15.6. The van der Waals surface area contributed by atoms with Gasteiger partial charge >= 0.3 is 0 Å². The Kier molecular flexibility index (Phi) is 4.61. The van der Waals surface area contributed by atoms with Gasteiger partial charge in [0.2, 0.25) is 0 Å². The molecule has 0 saturated heterocycles. The number of nitrogens with one attached hydrogen (secondary N) is 1. The van der Waals surface area contributed by atoms with Crippen molar-refractivity contribution in [3.8, 4) is 5.75 Å². The molecule has 1 aromatic rings. The fourth-order valence-corrected chi connectivity index (χ4v) is 2.57. The molecule has 1 unspecified atom stereocenters. The highest BCUT2D eigenvalue weighted by Crippen LogP contribution is 2.26. The van der Waals surface area contributed by atoms with Crippen LogP contribution in [0, 0.1) is 5.92 Å². The van der Waals surface area contributed by atoms with Crippen molar-refractivity contribution in [2.45, 2.75) is 45.6 Å². The fourth-order valence-electron chi connectivity index (χ4n) is 2.57. The number of fused-ring (bicyclic) bond motifs is 1. The molecule has 1 atom stereocenters. The lowest BCUT2D eigenvalue weighted by molar-refractivity contribution is 0.357. The van der Waals surface area contributed by atoms with Gasteiger partial charge in [0, 0.05) is 12.5 Å². The molecule has 0 saturated carbocycles. The molecule has 3 heteroatoms. The van der Waals surface area contributed by atoms with Crippen LogP contribution in [-0.4, -0.2) is 12.6 Å². The van der Waals surface area contributed by atoms with E-state index in [-0.39, 0.29) is 0 Å². The topological polar surface area (TPSA) is 47.3 Å². The maximum Gasteiger partial charge on any atom is 0.122 e. The highest BCUT2D eigenvalue weighted by molar-refractivity contribution is 5.39. The van der Waals surface area contributed by atoms with Crippen molar-refractivity contribution < 1.29 is 4.74 Å². The largest absolute Gasteiger partial charge is 0.493 e. The predicted octanol–water partition coefficient (Wildman–Crippen LogP) is 2.43. The Labute approximate surface area is 110 Å². The first-order valence-corrected chi connectivity index (χ1v) is 6.89. The van der Waals surface area contributed by atoms with Gasteiger partial charge in [0.1, 0.15) is 5.75 Å². The molecule has 3 N–H and O–H groups in total. The van der Waals surface area contributed by atoms with E-state index in [0.29, 0.717) is 12.0 Å². The monoisotopic (exact) mass is 248 g/mol. The van der Waals surface area contributed by atoms with Crippen molar-refractivity contribution >= 4 is 0 Å². The number of nitrogens with two attached hydrogens (primary N) is 1. The van der Waals surface area contributed by atoms with Gasteiger partial charge in [-0.05, 0) is 42.4 Å². The van der Waals surface area contributed by atoms with Crippen molar-refractivity contribution in [3.05, 3.63) is 29.3 Å². The Morgan fingerprint density at radius 1 is 1.39 bits per heavy atom. The summed E-state index contributed by atoms with van der Waals surface area (Å²) in [5.41, 5.74) is 5.68. The molecule has 18 heavy (non-hydrogen) atoms. The van der Waals surface area contributed by atoms with Crippen molar-refractivity contribution in [1.82, 2.24) is 5.43 Å². The van der Waals surface area contributed by atoms with E-state index in [1.165, 1.54) is 11.1 Å². The average molecular weight is 248 g/mol. The van der Waals surface area contributed by atoms with Crippen LogP contribution in [0.3, 0.4) is 0 Å². The Morgan fingerprint density at radius 3 is 2.94 bits per heavy atom. The van der Waals surface area contributed by atoms with E-state index >= 15 is 0 Å². The summed E-state index contributed by atoms with van der Waals surface area (Å²) in [5.74, 6) is 7.35. The lowest BCUT2D eigenvalue weighted by Gasteiger charge is -2.18. The molecule has 1 heterocycles. The molecule has 0 spiro atoms. The van der Waals surface area contributed by atoms with E-state index in [0.717, 1.165) is 38.0 Å². The van der Waals surface area contributed by atoms with Gasteiger partial charge < -0.3 is 4.74 Å². The molecular formula is C15H24N2O. The zero-order valence-corrected chi connectivity index (χ0v) is 11.4. The van der Waals surface area contributed by atoms with Gasteiger partial charge in [-0.2, -0.15) is 0 Å². The van der Waals surface area contributed by atoms with Crippen molar-refractivity contribution in [2.75, 3.05) is 6.61 Å². The molecule has 2 rings (SSSR count). The minimum atomic E-state index is 0.412. The maximum absolute atomic E-state index is 5.61. The Balaban J connectivity index is 1.89. The summed E-state index contributed by atoms with van der Waals surface area (Å²) < 4.78 is 5.52. The van der Waals surface area contributed by atoms with Gasteiger partial charge in [0.25, 0.3) is 0 Å².